The van der Waals surface area contributed by atoms with Crippen LogP contribution >= 0.6 is 0 Å². The number of rotatable bonds is 11. The lowest BCUT2D eigenvalue weighted by Gasteiger charge is -2.23. The zero-order chi connectivity index (χ0) is 23.0. The number of nitrogens with one attached hydrogen (secondary N) is 2. The number of hydrogen-bond donors (Lipinski definition) is 3. The minimum atomic E-state index is -3.87. The topological polar surface area (TPSA) is 128 Å². The average molecular weight is 468 g/mol. The van der Waals surface area contributed by atoms with Gasteiger partial charge in [0.25, 0.3) is 0 Å². The average Bonchev–Trinajstić information content (AvgIpc) is 2.84. The summed E-state index contributed by atoms with van der Waals surface area (Å²) in [5.41, 5.74) is 0.792. The summed E-state index contributed by atoms with van der Waals surface area (Å²) in [4.78, 5) is 4.17. The second-order valence-electron chi connectivity index (χ2n) is 7.18. The first kappa shape index (κ1) is 24.2. The van der Waals surface area contributed by atoms with E-state index in [1.54, 1.807) is 31.4 Å². The zero-order valence-corrected chi connectivity index (χ0v) is 18.9. The predicted octanol–water partition coefficient (Wildman–Crippen LogP) is 0.981. The first-order valence-electron chi connectivity index (χ1n) is 10.2. The van der Waals surface area contributed by atoms with Crippen LogP contribution in [0.5, 0.6) is 11.5 Å². The Morgan fingerprint density at radius 1 is 1.22 bits per heavy atom. The van der Waals surface area contributed by atoms with Crippen molar-refractivity contribution in [2.45, 2.75) is 16.9 Å². The van der Waals surface area contributed by atoms with Crippen molar-refractivity contribution in [2.24, 2.45) is 0 Å². The van der Waals surface area contributed by atoms with Crippen LogP contribution in [0.2, 0.25) is 0 Å². The fourth-order valence-corrected chi connectivity index (χ4v) is 4.23. The van der Waals surface area contributed by atoms with Crippen LogP contribution in [0.3, 0.4) is 0 Å². The summed E-state index contributed by atoms with van der Waals surface area (Å²) in [7, 11) is -0.866. The van der Waals surface area contributed by atoms with Gasteiger partial charge in [0.2, 0.25) is 10.0 Å². The molecule has 0 amide bonds. The van der Waals surface area contributed by atoms with Gasteiger partial charge in [-0.2, -0.15) is 0 Å². The molecule has 3 N–H and O–H groups in total. The smallest absolute Gasteiger partial charge is 0.242 e. The van der Waals surface area contributed by atoms with Crippen LogP contribution in [0.25, 0.3) is 0 Å². The number of anilines is 1. The number of aliphatic hydroxyl groups is 1. The molecule has 0 radical (unpaired) electrons. The molecule has 176 valence electrons. The molecule has 1 aliphatic heterocycles. The molecule has 2 aromatic rings. The number of aliphatic hydroxyl groups excluding tert-OH is 1. The number of ether oxygens (including phenoxy) is 4. The van der Waals surface area contributed by atoms with Crippen molar-refractivity contribution >= 4 is 15.8 Å². The summed E-state index contributed by atoms with van der Waals surface area (Å²) in [6.07, 6.45) is 1.14. The Hall–Kier alpha value is -2.44. The molecule has 11 heteroatoms. The Labute approximate surface area is 187 Å². The van der Waals surface area contributed by atoms with Gasteiger partial charge in [0, 0.05) is 31.3 Å². The number of nitrogens with zero attached hydrogens (tertiary/aromatic N) is 1. The summed E-state index contributed by atoms with van der Waals surface area (Å²) >= 11 is 0. The quantitative estimate of drug-likeness (QED) is 0.443. The summed E-state index contributed by atoms with van der Waals surface area (Å²) < 4.78 is 49.5. The number of sulfonamides is 1. The van der Waals surface area contributed by atoms with Crippen LogP contribution in [0.1, 0.15) is 11.5 Å². The first-order chi connectivity index (χ1) is 15.5. The predicted molar refractivity (Wildman–Crippen MR) is 118 cm³/mol. The van der Waals surface area contributed by atoms with Gasteiger partial charge in [0.1, 0.15) is 10.6 Å². The lowest BCUT2D eigenvalue weighted by atomic mass is 10.0. The third kappa shape index (κ3) is 6.30. The Morgan fingerprint density at radius 3 is 2.62 bits per heavy atom. The van der Waals surface area contributed by atoms with Gasteiger partial charge in [0.15, 0.2) is 11.6 Å². The van der Waals surface area contributed by atoms with Crippen molar-refractivity contribution in [3.05, 3.63) is 42.1 Å². The number of pyridine rings is 1. The number of hydrogen-bond acceptors (Lipinski definition) is 9. The van der Waals surface area contributed by atoms with E-state index in [1.165, 1.54) is 19.4 Å². The molecule has 0 spiro atoms. The fraction of sp³-hybridized carbons (Fsp3) is 0.476. The molecule has 1 unspecified atom stereocenters. The highest BCUT2D eigenvalue weighted by molar-refractivity contribution is 7.89. The second-order valence-corrected chi connectivity index (χ2v) is 8.94. The van der Waals surface area contributed by atoms with Crippen molar-refractivity contribution < 1.29 is 32.5 Å². The molecule has 0 saturated carbocycles. The van der Waals surface area contributed by atoms with Gasteiger partial charge in [-0.15, -0.1) is 0 Å². The van der Waals surface area contributed by atoms with Crippen LogP contribution in [-0.4, -0.2) is 78.3 Å². The molecule has 1 fully saturated rings. The van der Waals surface area contributed by atoms with Gasteiger partial charge in [-0.3, -0.25) is 0 Å². The minimum Gasteiger partial charge on any atom is -0.497 e. The Morgan fingerprint density at radius 2 is 2.00 bits per heavy atom. The van der Waals surface area contributed by atoms with Gasteiger partial charge in [-0.25, -0.2) is 18.1 Å². The number of methoxy groups -OCH3 is 2. The lowest BCUT2D eigenvalue weighted by Crippen LogP contribution is -2.34. The van der Waals surface area contributed by atoms with Crippen LogP contribution in [0.4, 0.5) is 5.82 Å². The molecule has 2 heterocycles. The first-order valence-corrected chi connectivity index (χ1v) is 11.7. The zero-order valence-electron chi connectivity index (χ0n) is 18.1. The third-order valence-corrected chi connectivity index (χ3v) is 6.46. The summed E-state index contributed by atoms with van der Waals surface area (Å²) in [6, 6.07) is 8.51. The molecular weight excluding hydrogens is 438 g/mol. The van der Waals surface area contributed by atoms with Crippen LogP contribution < -0.4 is 19.5 Å². The number of aromatic nitrogens is 1. The van der Waals surface area contributed by atoms with Crippen molar-refractivity contribution in [3.8, 4) is 11.5 Å². The van der Waals surface area contributed by atoms with E-state index in [1.807, 2.05) is 0 Å². The maximum Gasteiger partial charge on any atom is 0.242 e. The minimum absolute atomic E-state index is 0.0203. The van der Waals surface area contributed by atoms with Crippen LogP contribution in [0.15, 0.2) is 41.4 Å². The summed E-state index contributed by atoms with van der Waals surface area (Å²) in [5.74, 6) is 0.968. The highest BCUT2D eigenvalue weighted by Crippen LogP contribution is 2.25. The highest BCUT2D eigenvalue weighted by Gasteiger charge is 2.21. The van der Waals surface area contributed by atoms with E-state index in [-0.39, 0.29) is 24.2 Å². The molecule has 1 saturated heterocycles. The third-order valence-electron chi connectivity index (χ3n) is 5.07. The Balaban J connectivity index is 1.65. The van der Waals surface area contributed by atoms with Crippen molar-refractivity contribution in [1.29, 1.82) is 0 Å². The largest absolute Gasteiger partial charge is 0.497 e. The van der Waals surface area contributed by atoms with Gasteiger partial charge >= 0.3 is 0 Å². The highest BCUT2D eigenvalue weighted by atomic mass is 32.2. The number of benzene rings is 1. The Bertz CT molecular complexity index is 964. The van der Waals surface area contributed by atoms with E-state index in [0.29, 0.717) is 43.7 Å². The van der Waals surface area contributed by atoms with E-state index < -0.39 is 15.9 Å². The molecule has 1 aromatic carbocycles. The normalized spacial score (nSPS) is 17.5. The standard InChI is InChI=1S/C21H29N3O7S/c1-28-17-5-3-15(4-6-17)16(13-25)10-24-32(26,27)19-9-20(29-2)21(23-12-19)22-11-18-14-30-7-8-31-18/h3-6,9,12,16,18,24-25H,7-8,10-11,13-14H2,1-2H3,(H,22,23)/t16?,18-/m0/s1. The summed E-state index contributed by atoms with van der Waals surface area (Å²) in [5, 5.41) is 12.8. The van der Waals surface area contributed by atoms with Gasteiger partial charge in [-0.1, -0.05) is 12.1 Å². The molecule has 1 aliphatic rings. The van der Waals surface area contributed by atoms with E-state index in [4.69, 9.17) is 18.9 Å². The fourth-order valence-electron chi connectivity index (χ4n) is 3.18. The van der Waals surface area contributed by atoms with E-state index in [0.717, 1.165) is 5.56 Å². The SMILES string of the molecule is COc1ccc(C(CO)CNS(=O)(=O)c2cnc(NC[C@H]3COCCO3)c(OC)c2)cc1. The van der Waals surface area contributed by atoms with Gasteiger partial charge in [0.05, 0.1) is 46.8 Å². The molecule has 3 rings (SSSR count). The van der Waals surface area contributed by atoms with Gasteiger partial charge < -0.3 is 29.4 Å². The monoisotopic (exact) mass is 467 g/mol. The second kappa shape index (κ2) is 11.4. The Kier molecular flexibility index (Phi) is 8.65. The van der Waals surface area contributed by atoms with Crippen molar-refractivity contribution in [2.75, 3.05) is 59.1 Å². The van der Waals surface area contributed by atoms with E-state index >= 15 is 0 Å². The van der Waals surface area contributed by atoms with Crippen LogP contribution in [0, 0.1) is 0 Å². The molecule has 1 aromatic heterocycles. The van der Waals surface area contributed by atoms with Crippen molar-refractivity contribution in [1.82, 2.24) is 9.71 Å². The maximum absolute atomic E-state index is 12.8. The van der Waals surface area contributed by atoms with Crippen molar-refractivity contribution in [3.63, 3.8) is 0 Å². The molecular formula is C21H29N3O7S. The lowest BCUT2D eigenvalue weighted by molar-refractivity contribution is -0.0819. The van der Waals surface area contributed by atoms with E-state index in [2.05, 4.69) is 15.0 Å². The van der Waals surface area contributed by atoms with Gasteiger partial charge in [-0.05, 0) is 17.7 Å². The molecule has 10 nitrogen and oxygen atoms in total. The summed E-state index contributed by atoms with van der Waals surface area (Å²) in [6.45, 7) is 1.84. The van der Waals surface area contributed by atoms with E-state index in [9.17, 15) is 13.5 Å². The molecule has 2 atom stereocenters. The van der Waals surface area contributed by atoms with Crippen LogP contribution in [-0.2, 0) is 19.5 Å². The molecule has 32 heavy (non-hydrogen) atoms. The maximum atomic E-state index is 12.8. The molecule has 0 bridgehead atoms. The molecule has 0 aliphatic carbocycles.